The van der Waals surface area contributed by atoms with Crippen molar-refractivity contribution in [2.45, 2.75) is 19.8 Å². The van der Waals surface area contributed by atoms with Crippen LogP contribution >= 0.6 is 15.9 Å². The Bertz CT molecular complexity index is 933. The van der Waals surface area contributed by atoms with Gasteiger partial charge in [-0.25, -0.2) is 0 Å². The van der Waals surface area contributed by atoms with E-state index in [1.54, 1.807) is 24.2 Å². The Balaban J connectivity index is 1.85. The maximum Gasteiger partial charge on any atom is 0.274 e. The summed E-state index contributed by atoms with van der Waals surface area (Å²) < 4.78 is 1.97. The van der Waals surface area contributed by atoms with Crippen LogP contribution in [0.1, 0.15) is 40.5 Å². The van der Waals surface area contributed by atoms with Crippen LogP contribution in [-0.2, 0) is 7.05 Å². The van der Waals surface area contributed by atoms with Gasteiger partial charge in [-0.05, 0) is 46.8 Å². The first-order chi connectivity index (χ1) is 12.8. The molecule has 0 aliphatic carbocycles. The summed E-state index contributed by atoms with van der Waals surface area (Å²) in [5, 5.41) is 2.60. The number of amides is 2. The number of nitrogens with zero attached hydrogens (tertiary/aromatic N) is 3. The molecule has 27 heavy (non-hydrogen) atoms. The molecular formula is C19H21BrN4O3. The number of nitrogens with one attached hydrogen (secondary N) is 1. The number of anilines is 1. The van der Waals surface area contributed by atoms with Gasteiger partial charge in [-0.15, -0.1) is 0 Å². The van der Waals surface area contributed by atoms with Crippen LogP contribution in [0.2, 0.25) is 0 Å². The van der Waals surface area contributed by atoms with Crippen molar-refractivity contribution in [1.82, 2.24) is 14.5 Å². The molecule has 1 N–H and O–H groups in total. The van der Waals surface area contributed by atoms with Crippen molar-refractivity contribution in [3.8, 4) is 0 Å². The molecule has 1 fully saturated rings. The molecule has 0 aromatic carbocycles. The Morgan fingerprint density at radius 3 is 2.56 bits per heavy atom. The number of carbonyl (C=O) groups excluding carboxylic acids is 2. The number of hydrogen-bond acceptors (Lipinski definition) is 4. The summed E-state index contributed by atoms with van der Waals surface area (Å²) in [7, 11) is 1.56. The van der Waals surface area contributed by atoms with Crippen LogP contribution in [0, 0.1) is 5.92 Å². The van der Waals surface area contributed by atoms with Gasteiger partial charge in [0.15, 0.2) is 0 Å². The maximum absolute atomic E-state index is 12.8. The zero-order chi connectivity index (χ0) is 19.6. The number of hydrogen-bond donors (Lipinski definition) is 1. The predicted octanol–water partition coefficient (Wildman–Crippen LogP) is 2.67. The van der Waals surface area contributed by atoms with Crippen molar-refractivity contribution in [3.05, 3.63) is 56.7 Å². The standard InChI is InChI=1S/C19H21BrN4O3/c1-12-3-5-24(6-4-12)18(26)14-8-16(19(27)23(2)11-14)22-17(25)13-7-15(20)10-21-9-13/h7-12H,3-6H2,1-2H3,(H,22,25). The monoisotopic (exact) mass is 432 g/mol. The van der Waals surface area contributed by atoms with Crippen molar-refractivity contribution in [2.75, 3.05) is 18.4 Å². The van der Waals surface area contributed by atoms with Gasteiger partial charge in [-0.3, -0.25) is 19.4 Å². The van der Waals surface area contributed by atoms with Crippen molar-refractivity contribution in [1.29, 1.82) is 0 Å². The normalized spacial score (nSPS) is 14.9. The van der Waals surface area contributed by atoms with Gasteiger partial charge in [0.05, 0.1) is 11.1 Å². The van der Waals surface area contributed by atoms with E-state index in [0.717, 1.165) is 12.8 Å². The Hall–Kier alpha value is -2.48. The van der Waals surface area contributed by atoms with E-state index in [1.165, 1.54) is 23.0 Å². The number of carbonyl (C=O) groups is 2. The lowest BCUT2D eigenvalue weighted by Crippen LogP contribution is -2.38. The van der Waals surface area contributed by atoms with Gasteiger partial charge in [0.2, 0.25) is 0 Å². The van der Waals surface area contributed by atoms with E-state index in [0.29, 0.717) is 34.6 Å². The van der Waals surface area contributed by atoms with Gasteiger partial charge < -0.3 is 14.8 Å². The van der Waals surface area contributed by atoms with Crippen LogP contribution in [0.15, 0.2) is 40.0 Å². The minimum atomic E-state index is -0.461. The maximum atomic E-state index is 12.8. The molecule has 0 saturated carbocycles. The number of aromatic nitrogens is 2. The molecule has 142 valence electrons. The van der Waals surface area contributed by atoms with Crippen molar-refractivity contribution < 1.29 is 9.59 Å². The summed E-state index contributed by atoms with van der Waals surface area (Å²) in [4.78, 5) is 43.4. The molecule has 0 radical (unpaired) electrons. The molecule has 1 aliphatic rings. The first-order valence-corrected chi connectivity index (χ1v) is 9.56. The number of aryl methyl sites for hydroxylation is 1. The third-order valence-corrected chi connectivity index (χ3v) is 5.15. The van der Waals surface area contributed by atoms with E-state index in [-0.39, 0.29) is 17.2 Å². The van der Waals surface area contributed by atoms with Gasteiger partial charge >= 0.3 is 0 Å². The fraction of sp³-hybridized carbons (Fsp3) is 0.368. The summed E-state index contributed by atoms with van der Waals surface area (Å²) in [5.41, 5.74) is 0.385. The third kappa shape index (κ3) is 4.44. The number of piperidine rings is 1. The highest BCUT2D eigenvalue weighted by molar-refractivity contribution is 9.10. The van der Waals surface area contributed by atoms with Crippen LogP contribution in [0.4, 0.5) is 5.69 Å². The van der Waals surface area contributed by atoms with E-state index < -0.39 is 5.91 Å². The third-order valence-electron chi connectivity index (χ3n) is 4.72. The van der Waals surface area contributed by atoms with Crippen LogP contribution in [0.5, 0.6) is 0 Å². The van der Waals surface area contributed by atoms with Gasteiger partial charge in [-0.1, -0.05) is 6.92 Å². The molecule has 7 nitrogen and oxygen atoms in total. The molecule has 3 heterocycles. The molecule has 0 spiro atoms. The fourth-order valence-corrected chi connectivity index (χ4v) is 3.41. The molecule has 0 unspecified atom stereocenters. The van der Waals surface area contributed by atoms with E-state index in [4.69, 9.17) is 0 Å². The summed E-state index contributed by atoms with van der Waals surface area (Å²) in [6.07, 6.45) is 6.43. The summed E-state index contributed by atoms with van der Waals surface area (Å²) >= 11 is 3.26. The first kappa shape index (κ1) is 19.3. The quantitative estimate of drug-likeness (QED) is 0.807. The Morgan fingerprint density at radius 2 is 1.89 bits per heavy atom. The zero-order valence-electron chi connectivity index (χ0n) is 15.2. The van der Waals surface area contributed by atoms with Crippen LogP contribution < -0.4 is 10.9 Å². The van der Waals surface area contributed by atoms with Crippen LogP contribution in [-0.4, -0.2) is 39.4 Å². The van der Waals surface area contributed by atoms with E-state index >= 15 is 0 Å². The molecule has 1 aliphatic heterocycles. The number of pyridine rings is 2. The van der Waals surface area contributed by atoms with Crippen molar-refractivity contribution in [2.24, 2.45) is 13.0 Å². The molecule has 8 heteroatoms. The van der Waals surface area contributed by atoms with Crippen molar-refractivity contribution >= 4 is 33.4 Å². The van der Waals surface area contributed by atoms with Crippen molar-refractivity contribution in [3.63, 3.8) is 0 Å². The van der Waals surface area contributed by atoms with E-state index in [1.807, 2.05) is 0 Å². The summed E-state index contributed by atoms with van der Waals surface area (Å²) in [6.45, 7) is 3.58. The highest BCUT2D eigenvalue weighted by Crippen LogP contribution is 2.19. The lowest BCUT2D eigenvalue weighted by molar-refractivity contribution is 0.0696. The number of halogens is 1. The lowest BCUT2D eigenvalue weighted by atomic mass is 9.99. The van der Waals surface area contributed by atoms with Gasteiger partial charge in [-0.2, -0.15) is 0 Å². The minimum absolute atomic E-state index is 0.0682. The Morgan fingerprint density at radius 1 is 1.19 bits per heavy atom. The topological polar surface area (TPSA) is 84.3 Å². The molecular weight excluding hydrogens is 412 g/mol. The van der Waals surface area contributed by atoms with Gasteiger partial charge in [0.25, 0.3) is 17.4 Å². The lowest BCUT2D eigenvalue weighted by Gasteiger charge is -2.30. The molecule has 1 saturated heterocycles. The summed E-state index contributed by atoms with van der Waals surface area (Å²) in [6, 6.07) is 3.06. The predicted molar refractivity (Wildman–Crippen MR) is 106 cm³/mol. The SMILES string of the molecule is CC1CCN(C(=O)c2cc(NC(=O)c3cncc(Br)c3)c(=O)n(C)c2)CC1. The fourth-order valence-electron chi connectivity index (χ4n) is 3.04. The Kier molecular flexibility index (Phi) is 5.74. The molecule has 2 aromatic rings. The molecule has 2 aromatic heterocycles. The summed E-state index contributed by atoms with van der Waals surface area (Å²) in [5.74, 6) is 0.0252. The van der Waals surface area contributed by atoms with E-state index in [9.17, 15) is 14.4 Å². The van der Waals surface area contributed by atoms with Crippen LogP contribution in [0.3, 0.4) is 0 Å². The smallest absolute Gasteiger partial charge is 0.274 e. The molecule has 3 rings (SSSR count). The van der Waals surface area contributed by atoms with Gasteiger partial charge in [0.1, 0.15) is 5.69 Å². The Labute approximate surface area is 165 Å². The minimum Gasteiger partial charge on any atom is -0.339 e. The average Bonchev–Trinajstić information content (AvgIpc) is 2.65. The molecule has 0 atom stereocenters. The van der Waals surface area contributed by atoms with E-state index in [2.05, 4.69) is 33.2 Å². The first-order valence-electron chi connectivity index (χ1n) is 8.77. The second-order valence-corrected chi connectivity index (χ2v) is 7.79. The number of rotatable bonds is 3. The van der Waals surface area contributed by atoms with Crippen LogP contribution in [0.25, 0.3) is 0 Å². The second kappa shape index (κ2) is 8.04. The average molecular weight is 433 g/mol. The second-order valence-electron chi connectivity index (χ2n) is 6.88. The molecule has 2 amide bonds. The highest BCUT2D eigenvalue weighted by atomic mass is 79.9. The zero-order valence-corrected chi connectivity index (χ0v) is 16.8. The number of likely N-dealkylation sites (tertiary alicyclic amines) is 1. The molecule has 0 bridgehead atoms. The highest BCUT2D eigenvalue weighted by Gasteiger charge is 2.23. The largest absolute Gasteiger partial charge is 0.339 e. The van der Waals surface area contributed by atoms with Gasteiger partial charge in [0, 0.05) is 43.2 Å².